The van der Waals surface area contributed by atoms with Gasteiger partial charge in [0, 0.05) is 37.2 Å². The van der Waals surface area contributed by atoms with Gasteiger partial charge in [0.2, 0.25) is 0 Å². The van der Waals surface area contributed by atoms with Crippen LogP contribution in [0.1, 0.15) is 25.5 Å². The Labute approximate surface area is 112 Å². The Kier molecular flexibility index (Phi) is 4.38. The number of aryl methyl sites for hydroxylation is 1. The van der Waals surface area contributed by atoms with E-state index in [9.17, 15) is 0 Å². The summed E-state index contributed by atoms with van der Waals surface area (Å²) in [6.07, 6.45) is 5.57. The molecule has 0 fully saturated rings. The van der Waals surface area contributed by atoms with Crippen LogP contribution in [0.2, 0.25) is 0 Å². The number of nitrogens with one attached hydrogen (secondary N) is 1. The van der Waals surface area contributed by atoms with Crippen LogP contribution in [0.25, 0.3) is 0 Å². The monoisotopic (exact) mass is 262 g/mol. The van der Waals surface area contributed by atoms with Crippen molar-refractivity contribution in [3.63, 3.8) is 0 Å². The third-order valence-corrected chi connectivity index (χ3v) is 3.85. The van der Waals surface area contributed by atoms with Crippen molar-refractivity contribution >= 4 is 11.8 Å². The van der Waals surface area contributed by atoms with Gasteiger partial charge in [-0.2, -0.15) is 0 Å². The molecule has 5 heteroatoms. The Morgan fingerprint density at radius 1 is 1.39 bits per heavy atom. The van der Waals surface area contributed by atoms with Gasteiger partial charge in [-0.05, 0) is 31.3 Å². The van der Waals surface area contributed by atoms with Crippen molar-refractivity contribution in [1.82, 2.24) is 19.9 Å². The highest BCUT2D eigenvalue weighted by Gasteiger charge is 2.13. The second-order valence-corrected chi connectivity index (χ2v) is 5.06. The molecule has 0 aliphatic rings. The lowest BCUT2D eigenvalue weighted by Crippen LogP contribution is -2.18. The molecule has 2 aromatic rings. The molecule has 0 aliphatic carbocycles. The van der Waals surface area contributed by atoms with E-state index in [0.717, 1.165) is 16.7 Å². The van der Waals surface area contributed by atoms with Gasteiger partial charge in [-0.1, -0.05) is 13.0 Å². The van der Waals surface area contributed by atoms with E-state index >= 15 is 0 Å². The molecule has 18 heavy (non-hydrogen) atoms. The summed E-state index contributed by atoms with van der Waals surface area (Å²) in [6, 6.07) is 4.39. The van der Waals surface area contributed by atoms with Crippen LogP contribution in [0.15, 0.2) is 40.9 Å². The summed E-state index contributed by atoms with van der Waals surface area (Å²) in [4.78, 5) is 8.79. The predicted molar refractivity (Wildman–Crippen MR) is 73.7 cm³/mol. The summed E-state index contributed by atoms with van der Waals surface area (Å²) in [7, 11) is 1.99. The van der Waals surface area contributed by atoms with Gasteiger partial charge in [0.25, 0.3) is 0 Å². The maximum atomic E-state index is 4.47. The predicted octanol–water partition coefficient (Wildman–Crippen LogP) is 2.64. The van der Waals surface area contributed by atoms with E-state index in [0.29, 0.717) is 6.04 Å². The van der Waals surface area contributed by atoms with Crippen molar-refractivity contribution in [2.24, 2.45) is 7.05 Å². The van der Waals surface area contributed by atoms with E-state index in [1.165, 1.54) is 5.56 Å². The average molecular weight is 262 g/mol. The molecule has 0 amide bonds. The molecule has 0 saturated heterocycles. The molecule has 2 heterocycles. The highest BCUT2D eigenvalue weighted by molar-refractivity contribution is 7.99. The molecule has 0 saturated carbocycles. The van der Waals surface area contributed by atoms with E-state index in [2.05, 4.69) is 35.2 Å². The molecule has 1 atom stereocenters. The zero-order chi connectivity index (χ0) is 13.0. The summed E-state index contributed by atoms with van der Waals surface area (Å²) < 4.78 is 2.00. The molecule has 96 valence electrons. The molecular formula is C13H18N4S. The second kappa shape index (κ2) is 6.02. The first-order chi connectivity index (χ1) is 8.72. The minimum absolute atomic E-state index is 0.298. The van der Waals surface area contributed by atoms with E-state index in [-0.39, 0.29) is 0 Å². The number of pyridine rings is 1. The van der Waals surface area contributed by atoms with Crippen molar-refractivity contribution in [3.05, 3.63) is 36.3 Å². The highest BCUT2D eigenvalue weighted by atomic mass is 32.2. The van der Waals surface area contributed by atoms with Gasteiger partial charge in [-0.3, -0.25) is 0 Å². The third-order valence-electron chi connectivity index (χ3n) is 2.74. The number of aromatic nitrogens is 3. The fraction of sp³-hybridized carbons (Fsp3) is 0.385. The Morgan fingerprint density at radius 2 is 2.22 bits per heavy atom. The smallest absolute Gasteiger partial charge is 0.174 e. The van der Waals surface area contributed by atoms with Gasteiger partial charge in [0.15, 0.2) is 5.16 Å². The number of nitrogens with zero attached hydrogens (tertiary/aromatic N) is 3. The molecule has 0 aromatic carbocycles. The van der Waals surface area contributed by atoms with E-state index in [1.807, 2.05) is 30.1 Å². The summed E-state index contributed by atoms with van der Waals surface area (Å²) in [5.41, 5.74) is 1.22. The molecule has 2 rings (SSSR count). The van der Waals surface area contributed by atoms with Crippen LogP contribution in [0.3, 0.4) is 0 Å². The molecular weight excluding hydrogens is 244 g/mol. The molecule has 4 nitrogen and oxygen atoms in total. The van der Waals surface area contributed by atoms with Crippen molar-refractivity contribution in [2.75, 3.05) is 6.54 Å². The quantitative estimate of drug-likeness (QED) is 0.899. The molecule has 1 unspecified atom stereocenters. The zero-order valence-electron chi connectivity index (χ0n) is 10.9. The number of hydrogen-bond acceptors (Lipinski definition) is 4. The van der Waals surface area contributed by atoms with Gasteiger partial charge < -0.3 is 9.88 Å². The van der Waals surface area contributed by atoms with Crippen molar-refractivity contribution in [2.45, 2.75) is 30.1 Å². The Hall–Kier alpha value is -1.33. The first-order valence-electron chi connectivity index (χ1n) is 6.05. The van der Waals surface area contributed by atoms with E-state index in [1.54, 1.807) is 18.0 Å². The summed E-state index contributed by atoms with van der Waals surface area (Å²) in [6.45, 7) is 5.21. The van der Waals surface area contributed by atoms with Gasteiger partial charge in [0.1, 0.15) is 5.03 Å². The normalized spacial score (nSPS) is 12.6. The first kappa shape index (κ1) is 13.1. The topological polar surface area (TPSA) is 42.7 Å². The number of imidazole rings is 1. The SMILES string of the molecule is CCNC(C)c1cccnc1Sc1nccn1C. The van der Waals surface area contributed by atoms with Crippen molar-refractivity contribution in [3.8, 4) is 0 Å². The fourth-order valence-electron chi connectivity index (χ4n) is 1.77. The second-order valence-electron chi connectivity index (χ2n) is 4.10. The maximum Gasteiger partial charge on any atom is 0.174 e. The first-order valence-corrected chi connectivity index (χ1v) is 6.87. The molecule has 0 bridgehead atoms. The van der Waals surface area contributed by atoms with Gasteiger partial charge >= 0.3 is 0 Å². The largest absolute Gasteiger partial charge is 0.329 e. The molecule has 0 aliphatic heterocycles. The lowest BCUT2D eigenvalue weighted by atomic mass is 10.1. The minimum atomic E-state index is 0.298. The lowest BCUT2D eigenvalue weighted by molar-refractivity contribution is 0.585. The zero-order valence-corrected chi connectivity index (χ0v) is 11.7. The van der Waals surface area contributed by atoms with Gasteiger partial charge in [0.05, 0.1) is 0 Å². The maximum absolute atomic E-state index is 4.47. The van der Waals surface area contributed by atoms with E-state index in [4.69, 9.17) is 0 Å². The summed E-state index contributed by atoms with van der Waals surface area (Å²) >= 11 is 1.60. The summed E-state index contributed by atoms with van der Waals surface area (Å²) in [5.74, 6) is 0. The van der Waals surface area contributed by atoms with Crippen LogP contribution in [-0.4, -0.2) is 21.1 Å². The van der Waals surface area contributed by atoms with Crippen molar-refractivity contribution < 1.29 is 0 Å². The Balaban J connectivity index is 2.25. The van der Waals surface area contributed by atoms with E-state index < -0.39 is 0 Å². The fourth-order valence-corrected chi connectivity index (χ4v) is 2.74. The third kappa shape index (κ3) is 2.91. The van der Waals surface area contributed by atoms with Gasteiger partial charge in [-0.25, -0.2) is 9.97 Å². The van der Waals surface area contributed by atoms with Gasteiger partial charge in [-0.15, -0.1) is 0 Å². The van der Waals surface area contributed by atoms with Crippen molar-refractivity contribution in [1.29, 1.82) is 0 Å². The molecule has 0 spiro atoms. The Bertz CT molecular complexity index is 509. The van der Waals surface area contributed by atoms with Crippen LogP contribution in [0.4, 0.5) is 0 Å². The molecule has 1 N–H and O–H groups in total. The van der Waals surface area contributed by atoms with Crippen LogP contribution in [-0.2, 0) is 7.05 Å². The number of rotatable bonds is 5. The highest BCUT2D eigenvalue weighted by Crippen LogP contribution is 2.29. The molecule has 0 radical (unpaired) electrons. The van der Waals surface area contributed by atoms with Crippen LogP contribution in [0.5, 0.6) is 0 Å². The van der Waals surface area contributed by atoms with Crippen LogP contribution >= 0.6 is 11.8 Å². The summed E-state index contributed by atoms with van der Waals surface area (Å²) in [5, 5.41) is 5.39. The van der Waals surface area contributed by atoms with Crippen LogP contribution < -0.4 is 5.32 Å². The molecule has 2 aromatic heterocycles. The Morgan fingerprint density at radius 3 is 2.89 bits per heavy atom. The number of hydrogen-bond donors (Lipinski definition) is 1. The van der Waals surface area contributed by atoms with Crippen LogP contribution in [0, 0.1) is 0 Å². The lowest BCUT2D eigenvalue weighted by Gasteiger charge is -2.15. The standard InChI is InChI=1S/C13H18N4S/c1-4-14-10(2)11-6-5-7-15-12(11)18-13-16-8-9-17(13)3/h5-10,14H,4H2,1-3H3. The average Bonchev–Trinajstić information content (AvgIpc) is 2.76. The minimum Gasteiger partial charge on any atom is -0.329 e.